The Hall–Kier alpha value is -6.72. The molecule has 1 aliphatic heterocycles. The number of fused-ring (bicyclic) bond motifs is 1. The van der Waals surface area contributed by atoms with E-state index >= 15 is 0 Å². The summed E-state index contributed by atoms with van der Waals surface area (Å²) in [6, 6.07) is 55.2. The first kappa shape index (κ1) is 30.6. The molecule has 0 fully saturated rings. The zero-order valence-corrected chi connectivity index (χ0v) is 27.5. The monoisotopic (exact) mass is 643 g/mol. The first-order valence-electron chi connectivity index (χ1n) is 16.6. The number of nitrogens with zero attached hydrogens (tertiary/aromatic N) is 3. The third-order valence-electron chi connectivity index (χ3n) is 8.96. The number of aromatic nitrogens is 3. The first-order chi connectivity index (χ1) is 24.6. The van der Waals surface area contributed by atoms with E-state index in [2.05, 4.69) is 66.0 Å². The highest BCUT2D eigenvalue weighted by Crippen LogP contribution is 2.36. The third kappa shape index (κ3) is 6.16. The van der Waals surface area contributed by atoms with Crippen molar-refractivity contribution >= 4 is 23.2 Å². The molecule has 0 saturated carbocycles. The van der Waals surface area contributed by atoms with Gasteiger partial charge in [-0.25, -0.2) is 15.0 Å². The molecular weight excluding hydrogens is 611 g/mol. The average Bonchev–Trinajstić information content (AvgIpc) is 3.21. The molecule has 1 aliphatic rings. The van der Waals surface area contributed by atoms with E-state index in [9.17, 15) is 0 Å². The molecule has 0 atom stereocenters. The number of benzene rings is 6. The van der Waals surface area contributed by atoms with Crippen LogP contribution in [0.5, 0.6) is 0 Å². The van der Waals surface area contributed by atoms with E-state index in [0.717, 1.165) is 67.0 Å². The van der Waals surface area contributed by atoms with Crippen LogP contribution in [0.15, 0.2) is 169 Å². The maximum Gasteiger partial charge on any atom is 0.164 e. The Balaban J connectivity index is 1.19. The largest absolute Gasteiger partial charge is 0.354 e. The summed E-state index contributed by atoms with van der Waals surface area (Å²) in [7, 11) is 0. The molecule has 0 aliphatic carbocycles. The fourth-order valence-corrected chi connectivity index (χ4v) is 6.24. The van der Waals surface area contributed by atoms with Gasteiger partial charge in [-0.15, -0.1) is 0 Å². The van der Waals surface area contributed by atoms with Gasteiger partial charge < -0.3 is 5.32 Å². The molecule has 2 N–H and O–H groups in total. The molecule has 7 aromatic rings. The van der Waals surface area contributed by atoms with Crippen LogP contribution in [-0.2, 0) is 0 Å². The highest BCUT2D eigenvalue weighted by molar-refractivity contribution is 6.15. The van der Waals surface area contributed by atoms with Crippen molar-refractivity contribution in [2.75, 3.05) is 0 Å². The number of rotatable bonds is 7. The molecule has 0 spiro atoms. The van der Waals surface area contributed by atoms with E-state index < -0.39 is 0 Å². The van der Waals surface area contributed by atoms with Gasteiger partial charge in [0.05, 0.1) is 11.4 Å². The number of allylic oxidation sites excluding steroid dienone is 1. The Morgan fingerprint density at radius 2 is 0.920 bits per heavy atom. The molecule has 0 amide bonds. The molecule has 1 aromatic heterocycles. The lowest BCUT2D eigenvalue weighted by atomic mass is 9.89. The summed E-state index contributed by atoms with van der Waals surface area (Å²) in [6.07, 6.45) is 2.19. The lowest BCUT2D eigenvalue weighted by Gasteiger charge is -2.25. The molecule has 5 nitrogen and oxygen atoms in total. The van der Waals surface area contributed by atoms with Crippen LogP contribution in [0, 0.1) is 5.41 Å². The Labute approximate surface area is 291 Å². The lowest BCUT2D eigenvalue weighted by Crippen LogP contribution is -2.20. The minimum absolute atomic E-state index is 0.491. The summed E-state index contributed by atoms with van der Waals surface area (Å²) in [5, 5.41) is 12.8. The van der Waals surface area contributed by atoms with E-state index in [0.29, 0.717) is 23.2 Å². The number of hydrogen-bond acceptors (Lipinski definition) is 5. The lowest BCUT2D eigenvalue weighted by molar-refractivity contribution is 1.07. The summed E-state index contributed by atoms with van der Waals surface area (Å²) < 4.78 is 0. The van der Waals surface area contributed by atoms with Crippen molar-refractivity contribution in [1.29, 1.82) is 5.41 Å². The van der Waals surface area contributed by atoms with Gasteiger partial charge in [0.15, 0.2) is 17.5 Å². The van der Waals surface area contributed by atoms with Crippen LogP contribution < -0.4 is 5.32 Å². The summed E-state index contributed by atoms with van der Waals surface area (Å²) in [5.74, 6) is 1.90. The minimum Gasteiger partial charge on any atom is -0.354 e. The Kier molecular flexibility index (Phi) is 8.21. The van der Waals surface area contributed by atoms with Crippen LogP contribution in [0.3, 0.4) is 0 Å². The number of nitrogens with one attached hydrogen (secondary N) is 2. The van der Waals surface area contributed by atoms with Crippen LogP contribution in [0.4, 0.5) is 0 Å². The van der Waals surface area contributed by atoms with Gasteiger partial charge in [0.25, 0.3) is 0 Å². The highest BCUT2D eigenvalue weighted by Gasteiger charge is 2.21. The summed E-state index contributed by atoms with van der Waals surface area (Å²) in [6.45, 7) is 2.03. The van der Waals surface area contributed by atoms with E-state index in [-0.39, 0.29) is 0 Å². The molecule has 0 saturated heterocycles. The maximum absolute atomic E-state index is 9.11. The second kappa shape index (κ2) is 13.4. The second-order valence-electron chi connectivity index (χ2n) is 12.2. The molecule has 238 valence electrons. The molecule has 6 aromatic carbocycles. The van der Waals surface area contributed by atoms with Gasteiger partial charge in [0.1, 0.15) is 0 Å². The smallest absolute Gasteiger partial charge is 0.164 e. The van der Waals surface area contributed by atoms with E-state index in [4.69, 9.17) is 20.4 Å². The Morgan fingerprint density at radius 1 is 0.480 bits per heavy atom. The normalized spacial score (nSPS) is 13.1. The average molecular weight is 644 g/mol. The minimum atomic E-state index is 0.491. The third-order valence-corrected chi connectivity index (χ3v) is 8.96. The van der Waals surface area contributed by atoms with Crippen molar-refractivity contribution in [2.24, 2.45) is 0 Å². The van der Waals surface area contributed by atoms with Gasteiger partial charge in [-0.05, 0) is 52.5 Å². The van der Waals surface area contributed by atoms with Gasteiger partial charge in [-0.2, -0.15) is 0 Å². The first-order valence-corrected chi connectivity index (χ1v) is 16.6. The van der Waals surface area contributed by atoms with E-state index in [1.165, 1.54) is 0 Å². The fourth-order valence-electron chi connectivity index (χ4n) is 6.24. The quantitative estimate of drug-likeness (QED) is 0.170. The molecule has 0 unspecified atom stereocenters. The van der Waals surface area contributed by atoms with Crippen molar-refractivity contribution in [1.82, 2.24) is 20.3 Å². The SMILES string of the molecule is C/C(C(=N)c1ccccc1)=C1/NC(c2ccccc2)=Cc2ccc(-c3ccc(-c4nc(-c5ccccc5)nc(-c5ccccc5)n4)cc3)cc21. The molecule has 5 heteroatoms. The zero-order chi connectivity index (χ0) is 33.9. The topological polar surface area (TPSA) is 74.6 Å². The van der Waals surface area contributed by atoms with Crippen LogP contribution in [0.25, 0.3) is 62.8 Å². The van der Waals surface area contributed by atoms with Crippen LogP contribution in [-0.4, -0.2) is 20.7 Å². The predicted octanol–water partition coefficient (Wildman–Crippen LogP) is 10.4. The van der Waals surface area contributed by atoms with Crippen molar-refractivity contribution in [2.45, 2.75) is 6.92 Å². The van der Waals surface area contributed by atoms with Gasteiger partial charge >= 0.3 is 0 Å². The molecule has 8 rings (SSSR count). The van der Waals surface area contributed by atoms with Crippen LogP contribution in [0.1, 0.15) is 29.2 Å². The van der Waals surface area contributed by atoms with Gasteiger partial charge in [0.2, 0.25) is 0 Å². The van der Waals surface area contributed by atoms with Crippen molar-refractivity contribution < 1.29 is 0 Å². The summed E-state index contributed by atoms with van der Waals surface area (Å²) >= 11 is 0. The van der Waals surface area contributed by atoms with Crippen LogP contribution >= 0.6 is 0 Å². The summed E-state index contributed by atoms with van der Waals surface area (Å²) in [4.78, 5) is 14.6. The molecule has 0 radical (unpaired) electrons. The van der Waals surface area contributed by atoms with E-state index in [1.54, 1.807) is 0 Å². The van der Waals surface area contributed by atoms with Crippen molar-refractivity contribution in [3.63, 3.8) is 0 Å². The van der Waals surface area contributed by atoms with Gasteiger partial charge in [0, 0.05) is 28.0 Å². The second-order valence-corrected chi connectivity index (χ2v) is 12.2. The highest BCUT2D eigenvalue weighted by atomic mass is 15.0. The zero-order valence-electron chi connectivity index (χ0n) is 27.5. The molecule has 50 heavy (non-hydrogen) atoms. The fraction of sp³-hybridized carbons (Fsp3) is 0.0222. The Morgan fingerprint density at radius 3 is 1.46 bits per heavy atom. The summed E-state index contributed by atoms with van der Waals surface area (Å²) in [5.41, 5.74) is 12.4. The van der Waals surface area contributed by atoms with E-state index in [1.807, 2.05) is 116 Å². The van der Waals surface area contributed by atoms with Crippen LogP contribution in [0.2, 0.25) is 0 Å². The Bertz CT molecular complexity index is 2320. The standard InChI is InChI=1S/C45H33N5/c1-30(41(46)33-16-8-3-9-17-33)42-39-28-37(26-27-38(39)29-40(47-42)32-14-6-2-7-15-32)31-22-24-36(25-23-31)45-49-43(34-18-10-4-11-19-34)48-44(50-45)35-20-12-5-13-21-35/h2-29,46-47H,1H3/b42-30-,46-41?. The van der Waals surface area contributed by atoms with Crippen molar-refractivity contribution in [3.05, 3.63) is 192 Å². The molecule has 0 bridgehead atoms. The number of hydrogen-bond donors (Lipinski definition) is 2. The molecule has 2 heterocycles. The molecular formula is C45H33N5. The van der Waals surface area contributed by atoms with Crippen molar-refractivity contribution in [3.8, 4) is 45.3 Å². The van der Waals surface area contributed by atoms with Gasteiger partial charge in [-0.3, -0.25) is 5.41 Å². The predicted molar refractivity (Wildman–Crippen MR) is 205 cm³/mol. The van der Waals surface area contributed by atoms with Gasteiger partial charge in [-0.1, -0.05) is 158 Å². The maximum atomic E-state index is 9.11.